The maximum absolute atomic E-state index is 5.03. The molecule has 0 unspecified atom stereocenters. The van der Waals surface area contributed by atoms with Gasteiger partial charge in [0.05, 0.1) is 11.4 Å². The summed E-state index contributed by atoms with van der Waals surface area (Å²) in [7, 11) is 0. The second-order valence-electron chi connectivity index (χ2n) is 8.07. The number of hydrogen-bond acceptors (Lipinski definition) is 2. The highest BCUT2D eigenvalue weighted by atomic mass is 15.0. The van der Waals surface area contributed by atoms with Gasteiger partial charge in [0.25, 0.3) is 0 Å². The maximum atomic E-state index is 5.03. The Hall–Kier alpha value is -4.44. The molecule has 4 heteroatoms. The van der Waals surface area contributed by atoms with Crippen LogP contribution >= 0.6 is 0 Å². The van der Waals surface area contributed by atoms with Crippen LogP contribution in [0.5, 0.6) is 0 Å². The van der Waals surface area contributed by atoms with E-state index < -0.39 is 0 Å². The average Bonchev–Trinajstić information content (AvgIpc) is 3.49. The molecule has 0 fully saturated rings. The molecule has 7 aromatic rings. The minimum Gasteiger partial charge on any atom is -0.306 e. The Kier molecular flexibility index (Phi) is 3.52. The molecular formula is C28H18N4. The summed E-state index contributed by atoms with van der Waals surface area (Å²) in [4.78, 5) is 10.1. The molecular weight excluding hydrogens is 392 g/mol. The molecule has 0 aliphatic heterocycles. The molecule has 0 N–H and O–H groups in total. The highest BCUT2D eigenvalue weighted by Crippen LogP contribution is 2.33. The number of aromatic nitrogens is 4. The van der Waals surface area contributed by atoms with Crippen LogP contribution in [0.25, 0.3) is 55.4 Å². The topological polar surface area (TPSA) is 34.6 Å². The van der Waals surface area contributed by atoms with E-state index in [0.717, 1.165) is 44.6 Å². The molecule has 0 saturated carbocycles. The molecule has 0 atom stereocenters. The summed E-state index contributed by atoms with van der Waals surface area (Å²) in [6, 6.07) is 29.4. The van der Waals surface area contributed by atoms with Crippen molar-refractivity contribution in [2.45, 2.75) is 0 Å². The Morgan fingerprint density at radius 3 is 1.41 bits per heavy atom. The van der Waals surface area contributed by atoms with Gasteiger partial charge in [0.1, 0.15) is 11.3 Å². The molecule has 0 saturated heterocycles. The third-order valence-electron chi connectivity index (χ3n) is 6.18. The van der Waals surface area contributed by atoms with Crippen molar-refractivity contribution in [3.63, 3.8) is 0 Å². The van der Waals surface area contributed by atoms with Crippen molar-refractivity contribution in [3.8, 4) is 22.5 Å². The lowest BCUT2D eigenvalue weighted by Gasteiger charge is -2.04. The van der Waals surface area contributed by atoms with Crippen LogP contribution in [0.15, 0.2) is 110 Å². The minimum atomic E-state index is 0.943. The number of nitrogens with zero attached hydrogens (tertiary/aromatic N) is 4. The number of fused-ring (bicyclic) bond motifs is 6. The summed E-state index contributed by atoms with van der Waals surface area (Å²) in [5.41, 5.74) is 5.97. The normalized spacial score (nSPS) is 11.8. The molecule has 32 heavy (non-hydrogen) atoms. The fourth-order valence-corrected chi connectivity index (χ4v) is 4.62. The zero-order chi connectivity index (χ0) is 21.1. The lowest BCUT2D eigenvalue weighted by atomic mass is 10.0. The SMILES string of the molecule is c1ccc(-c2cn3ccc4ccccc4c3n2)c(-c2cn3ccc4ccccc4c3n2)c1. The first kappa shape index (κ1) is 17.3. The van der Waals surface area contributed by atoms with Crippen LogP contribution < -0.4 is 0 Å². The van der Waals surface area contributed by atoms with Crippen molar-refractivity contribution in [2.75, 3.05) is 0 Å². The smallest absolute Gasteiger partial charge is 0.145 e. The molecule has 4 aromatic heterocycles. The summed E-state index contributed by atoms with van der Waals surface area (Å²) in [5.74, 6) is 0. The first-order valence-electron chi connectivity index (χ1n) is 10.7. The zero-order valence-electron chi connectivity index (χ0n) is 17.2. The molecule has 0 aliphatic rings. The zero-order valence-corrected chi connectivity index (χ0v) is 17.2. The number of rotatable bonds is 2. The molecule has 7 rings (SSSR count). The van der Waals surface area contributed by atoms with Crippen molar-refractivity contribution in [2.24, 2.45) is 0 Å². The number of imidazole rings is 2. The number of hydrogen-bond donors (Lipinski definition) is 0. The lowest BCUT2D eigenvalue weighted by Crippen LogP contribution is -1.85. The summed E-state index contributed by atoms with van der Waals surface area (Å²) >= 11 is 0. The monoisotopic (exact) mass is 410 g/mol. The first-order valence-corrected chi connectivity index (χ1v) is 10.7. The van der Waals surface area contributed by atoms with Gasteiger partial charge in [-0.15, -0.1) is 0 Å². The molecule has 150 valence electrons. The van der Waals surface area contributed by atoms with Gasteiger partial charge in [-0.3, -0.25) is 0 Å². The molecule has 0 bridgehead atoms. The van der Waals surface area contributed by atoms with Gasteiger partial charge in [-0.2, -0.15) is 0 Å². The Balaban J connectivity index is 1.45. The highest BCUT2D eigenvalue weighted by Gasteiger charge is 2.15. The van der Waals surface area contributed by atoms with E-state index in [1.54, 1.807) is 0 Å². The van der Waals surface area contributed by atoms with Gasteiger partial charge in [-0.1, -0.05) is 72.8 Å². The first-order chi connectivity index (χ1) is 15.8. The Morgan fingerprint density at radius 2 is 0.906 bits per heavy atom. The summed E-state index contributed by atoms with van der Waals surface area (Å²) in [6.45, 7) is 0. The standard InChI is InChI=1S/C28H18N4/c1-3-9-21-19(7-1)13-15-31-17-25(29-27(21)31)23-11-5-6-12-24(23)26-18-32-16-14-20-8-2-4-10-22(20)28(32)30-26/h1-18H. The van der Waals surface area contributed by atoms with Crippen molar-refractivity contribution in [1.82, 2.24) is 18.8 Å². The minimum absolute atomic E-state index is 0.943. The second-order valence-corrected chi connectivity index (χ2v) is 8.07. The van der Waals surface area contributed by atoms with Gasteiger partial charge in [0, 0.05) is 46.7 Å². The van der Waals surface area contributed by atoms with Gasteiger partial charge in [-0.25, -0.2) is 9.97 Å². The molecule has 0 amide bonds. The molecule has 0 radical (unpaired) electrons. The van der Waals surface area contributed by atoms with Crippen molar-refractivity contribution in [3.05, 3.63) is 110 Å². The van der Waals surface area contributed by atoms with Crippen LogP contribution in [0.4, 0.5) is 0 Å². The van der Waals surface area contributed by atoms with Crippen LogP contribution in [0.1, 0.15) is 0 Å². The predicted molar refractivity (Wildman–Crippen MR) is 130 cm³/mol. The van der Waals surface area contributed by atoms with Gasteiger partial charge >= 0.3 is 0 Å². The van der Waals surface area contributed by atoms with E-state index in [1.165, 1.54) is 10.8 Å². The molecule has 4 nitrogen and oxygen atoms in total. The summed E-state index contributed by atoms with van der Waals surface area (Å²) in [5, 5.41) is 4.69. The van der Waals surface area contributed by atoms with E-state index in [0.29, 0.717) is 0 Å². The van der Waals surface area contributed by atoms with E-state index in [9.17, 15) is 0 Å². The van der Waals surface area contributed by atoms with E-state index in [1.807, 2.05) is 0 Å². The second kappa shape index (κ2) is 6.53. The lowest BCUT2D eigenvalue weighted by molar-refractivity contribution is 1.20. The fourth-order valence-electron chi connectivity index (χ4n) is 4.62. The van der Waals surface area contributed by atoms with Crippen LogP contribution in [0.2, 0.25) is 0 Å². The fraction of sp³-hybridized carbons (Fsp3) is 0. The quantitative estimate of drug-likeness (QED) is 0.321. The number of benzene rings is 3. The maximum Gasteiger partial charge on any atom is 0.145 e. The van der Waals surface area contributed by atoms with Crippen LogP contribution in [-0.2, 0) is 0 Å². The van der Waals surface area contributed by atoms with Crippen LogP contribution in [0, 0.1) is 0 Å². The highest BCUT2D eigenvalue weighted by molar-refractivity contribution is 5.96. The van der Waals surface area contributed by atoms with Crippen LogP contribution in [-0.4, -0.2) is 18.8 Å². The van der Waals surface area contributed by atoms with Crippen molar-refractivity contribution >= 4 is 32.8 Å². The molecule has 3 aromatic carbocycles. The van der Waals surface area contributed by atoms with Gasteiger partial charge < -0.3 is 8.80 Å². The van der Waals surface area contributed by atoms with Crippen LogP contribution in [0.3, 0.4) is 0 Å². The van der Waals surface area contributed by atoms with E-state index in [-0.39, 0.29) is 0 Å². The Labute approximate surface area is 184 Å². The molecule has 4 heterocycles. The van der Waals surface area contributed by atoms with Crippen molar-refractivity contribution in [1.29, 1.82) is 0 Å². The summed E-state index contributed by atoms with van der Waals surface area (Å²) < 4.78 is 4.21. The van der Waals surface area contributed by atoms with Crippen molar-refractivity contribution < 1.29 is 0 Å². The Bertz CT molecular complexity index is 1660. The third-order valence-corrected chi connectivity index (χ3v) is 6.18. The van der Waals surface area contributed by atoms with E-state index >= 15 is 0 Å². The number of pyridine rings is 2. The molecule has 0 aliphatic carbocycles. The third kappa shape index (κ3) is 2.50. The van der Waals surface area contributed by atoms with E-state index in [2.05, 4.69) is 119 Å². The van der Waals surface area contributed by atoms with Gasteiger partial charge in [-0.05, 0) is 22.9 Å². The Morgan fingerprint density at radius 1 is 0.469 bits per heavy atom. The molecule has 0 spiro atoms. The summed E-state index contributed by atoms with van der Waals surface area (Å²) in [6.07, 6.45) is 8.36. The van der Waals surface area contributed by atoms with Gasteiger partial charge in [0.15, 0.2) is 0 Å². The van der Waals surface area contributed by atoms with E-state index in [4.69, 9.17) is 9.97 Å². The average molecular weight is 410 g/mol. The largest absolute Gasteiger partial charge is 0.306 e. The predicted octanol–water partition coefficient (Wildman–Crippen LogP) is 6.62. The van der Waals surface area contributed by atoms with Gasteiger partial charge in [0.2, 0.25) is 0 Å².